The molecule has 0 spiro atoms. The fraction of sp³-hybridized carbons (Fsp3) is 0.222. The van der Waals surface area contributed by atoms with Gasteiger partial charge in [0.15, 0.2) is 5.78 Å². The number of fused-ring (bicyclic) bond motifs is 1. The van der Waals surface area contributed by atoms with Crippen LogP contribution in [-0.2, 0) is 0 Å². The first kappa shape index (κ1) is 8.38. The van der Waals surface area contributed by atoms with Crippen LogP contribution in [0.3, 0.4) is 0 Å². The van der Waals surface area contributed by atoms with Crippen molar-refractivity contribution < 1.29 is 4.79 Å². The third-order valence-electron chi connectivity index (χ3n) is 2.12. The average Bonchev–Trinajstić information content (AvgIpc) is 2.12. The second kappa shape index (κ2) is 2.92. The molecule has 3 N–H and O–H groups in total. The van der Waals surface area contributed by atoms with Gasteiger partial charge in [-0.05, 0) is 12.1 Å². The summed E-state index contributed by atoms with van der Waals surface area (Å²) in [6.07, 6.45) is 0.484. The summed E-state index contributed by atoms with van der Waals surface area (Å²) in [6, 6.07) is 3.35. The van der Waals surface area contributed by atoms with Crippen LogP contribution in [0.5, 0.6) is 0 Å². The zero-order chi connectivity index (χ0) is 9.42. The van der Waals surface area contributed by atoms with E-state index in [1.54, 1.807) is 12.1 Å². The number of Topliss-reactive ketones (excluding diaryl/α,β-unsaturated/α-hetero) is 1. The van der Waals surface area contributed by atoms with Crippen molar-refractivity contribution in [3.63, 3.8) is 0 Å². The number of nitrogens with two attached hydrogens (primary N) is 1. The predicted octanol–water partition coefficient (Wildman–Crippen LogP) is 1.92. The summed E-state index contributed by atoms with van der Waals surface area (Å²) in [5.74, 6) is 0.0637. The SMILES string of the molecule is Nc1ccc(Cl)c2c1C(=O)CCN2. The molecule has 0 saturated heterocycles. The van der Waals surface area contributed by atoms with Gasteiger partial charge in [0.25, 0.3) is 0 Å². The molecule has 1 aliphatic rings. The van der Waals surface area contributed by atoms with Gasteiger partial charge in [0.05, 0.1) is 16.3 Å². The van der Waals surface area contributed by atoms with Crippen molar-refractivity contribution in [1.82, 2.24) is 0 Å². The lowest BCUT2D eigenvalue weighted by Gasteiger charge is -2.19. The molecule has 0 unspecified atom stereocenters. The van der Waals surface area contributed by atoms with Gasteiger partial charge in [-0.25, -0.2) is 0 Å². The highest BCUT2D eigenvalue weighted by Crippen LogP contribution is 2.33. The first-order valence-corrected chi connectivity index (χ1v) is 4.43. The third kappa shape index (κ3) is 1.25. The van der Waals surface area contributed by atoms with Crippen LogP contribution in [0.4, 0.5) is 11.4 Å². The standard InChI is InChI=1S/C9H9ClN2O/c10-5-1-2-6(11)8-7(13)3-4-12-9(5)8/h1-2,12H,3-4,11H2. The van der Waals surface area contributed by atoms with Gasteiger partial charge in [-0.2, -0.15) is 0 Å². The first-order chi connectivity index (χ1) is 6.20. The molecule has 0 atom stereocenters. The molecule has 1 heterocycles. The van der Waals surface area contributed by atoms with Crippen LogP contribution in [0.1, 0.15) is 16.8 Å². The van der Waals surface area contributed by atoms with Crippen LogP contribution in [0, 0.1) is 0 Å². The molecule has 0 radical (unpaired) electrons. The van der Waals surface area contributed by atoms with E-state index < -0.39 is 0 Å². The molecule has 0 aliphatic carbocycles. The topological polar surface area (TPSA) is 55.1 Å². The quantitative estimate of drug-likeness (QED) is 0.624. The summed E-state index contributed by atoms with van der Waals surface area (Å²) in [6.45, 7) is 0.634. The molecule has 1 aliphatic heterocycles. The van der Waals surface area contributed by atoms with Crippen molar-refractivity contribution in [1.29, 1.82) is 0 Å². The number of benzene rings is 1. The summed E-state index contributed by atoms with van der Waals surface area (Å²) < 4.78 is 0. The lowest BCUT2D eigenvalue weighted by molar-refractivity contribution is 0.0984. The Morgan fingerprint density at radius 3 is 2.92 bits per heavy atom. The molecule has 1 aromatic carbocycles. The highest BCUT2D eigenvalue weighted by molar-refractivity contribution is 6.34. The van der Waals surface area contributed by atoms with Gasteiger partial charge in [0, 0.05) is 18.7 Å². The minimum absolute atomic E-state index is 0.0637. The molecule has 4 heteroatoms. The highest BCUT2D eigenvalue weighted by Gasteiger charge is 2.21. The maximum atomic E-state index is 11.5. The molecule has 0 saturated carbocycles. The molecular weight excluding hydrogens is 188 g/mol. The van der Waals surface area contributed by atoms with Crippen LogP contribution in [0.2, 0.25) is 5.02 Å². The number of halogens is 1. The van der Waals surface area contributed by atoms with Gasteiger partial charge in [0.2, 0.25) is 0 Å². The maximum absolute atomic E-state index is 11.5. The summed E-state index contributed by atoms with van der Waals surface area (Å²) >= 11 is 5.91. The summed E-state index contributed by atoms with van der Waals surface area (Å²) in [5.41, 5.74) is 7.40. The summed E-state index contributed by atoms with van der Waals surface area (Å²) in [7, 11) is 0. The lowest BCUT2D eigenvalue weighted by Crippen LogP contribution is -2.19. The summed E-state index contributed by atoms with van der Waals surface area (Å²) in [4.78, 5) is 11.5. The monoisotopic (exact) mass is 196 g/mol. The third-order valence-corrected chi connectivity index (χ3v) is 2.43. The van der Waals surface area contributed by atoms with E-state index in [2.05, 4.69) is 5.32 Å². The highest BCUT2D eigenvalue weighted by atomic mass is 35.5. The Labute approximate surface area is 80.9 Å². The van der Waals surface area contributed by atoms with Gasteiger partial charge in [-0.1, -0.05) is 11.6 Å². The van der Waals surface area contributed by atoms with Crippen LogP contribution in [0.25, 0.3) is 0 Å². The number of hydrogen-bond acceptors (Lipinski definition) is 3. The Hall–Kier alpha value is -1.22. The van der Waals surface area contributed by atoms with Crippen LogP contribution in [-0.4, -0.2) is 12.3 Å². The van der Waals surface area contributed by atoms with E-state index in [-0.39, 0.29) is 5.78 Å². The second-order valence-corrected chi connectivity index (χ2v) is 3.39. The fourth-order valence-corrected chi connectivity index (χ4v) is 1.72. The number of hydrogen-bond donors (Lipinski definition) is 2. The number of carbonyl (C=O) groups is 1. The van der Waals surface area contributed by atoms with E-state index in [0.717, 1.165) is 0 Å². The van der Waals surface area contributed by atoms with E-state index in [9.17, 15) is 4.79 Å². The predicted molar refractivity (Wildman–Crippen MR) is 53.3 cm³/mol. The number of rotatable bonds is 0. The largest absolute Gasteiger partial charge is 0.398 e. The van der Waals surface area contributed by atoms with Crippen molar-refractivity contribution in [3.8, 4) is 0 Å². The summed E-state index contributed by atoms with van der Waals surface area (Å²) in [5, 5.41) is 3.62. The van der Waals surface area contributed by atoms with Crippen molar-refractivity contribution in [3.05, 3.63) is 22.7 Å². The van der Waals surface area contributed by atoms with Crippen LogP contribution in [0.15, 0.2) is 12.1 Å². The Morgan fingerprint density at radius 1 is 1.46 bits per heavy atom. The molecule has 0 bridgehead atoms. The molecule has 2 rings (SSSR count). The number of ketones is 1. The van der Waals surface area contributed by atoms with Gasteiger partial charge in [-0.15, -0.1) is 0 Å². The Bertz CT molecular complexity index is 376. The van der Waals surface area contributed by atoms with Crippen molar-refractivity contribution >= 4 is 28.8 Å². The van der Waals surface area contributed by atoms with Gasteiger partial charge in [-0.3, -0.25) is 4.79 Å². The Balaban J connectivity index is 2.67. The zero-order valence-corrected chi connectivity index (χ0v) is 7.69. The van der Waals surface area contributed by atoms with Crippen molar-refractivity contribution in [2.75, 3.05) is 17.6 Å². The zero-order valence-electron chi connectivity index (χ0n) is 6.93. The normalized spacial score (nSPS) is 15.0. The van der Waals surface area contributed by atoms with Crippen molar-refractivity contribution in [2.45, 2.75) is 6.42 Å². The molecule has 0 fully saturated rings. The average molecular weight is 197 g/mol. The first-order valence-electron chi connectivity index (χ1n) is 4.05. The molecule has 0 aromatic heterocycles. The number of nitrogens with one attached hydrogen (secondary N) is 1. The minimum atomic E-state index is 0.0637. The minimum Gasteiger partial charge on any atom is -0.398 e. The smallest absolute Gasteiger partial charge is 0.168 e. The van der Waals surface area contributed by atoms with E-state index in [1.807, 2.05) is 0 Å². The van der Waals surface area contributed by atoms with E-state index in [4.69, 9.17) is 17.3 Å². The maximum Gasteiger partial charge on any atom is 0.168 e. The number of anilines is 2. The number of nitrogen functional groups attached to an aromatic ring is 1. The van der Waals surface area contributed by atoms with E-state index >= 15 is 0 Å². The fourth-order valence-electron chi connectivity index (χ4n) is 1.49. The van der Waals surface area contributed by atoms with E-state index in [1.165, 1.54) is 0 Å². The molecular formula is C9H9ClN2O. The second-order valence-electron chi connectivity index (χ2n) is 2.99. The van der Waals surface area contributed by atoms with Gasteiger partial charge < -0.3 is 11.1 Å². The van der Waals surface area contributed by atoms with Crippen molar-refractivity contribution in [2.24, 2.45) is 0 Å². The van der Waals surface area contributed by atoms with Crippen LogP contribution >= 0.6 is 11.6 Å². The Kier molecular flexibility index (Phi) is 1.88. The Morgan fingerprint density at radius 2 is 2.23 bits per heavy atom. The lowest BCUT2D eigenvalue weighted by atomic mass is 10.0. The molecule has 3 nitrogen and oxygen atoms in total. The molecule has 13 heavy (non-hydrogen) atoms. The van der Waals surface area contributed by atoms with Gasteiger partial charge >= 0.3 is 0 Å². The van der Waals surface area contributed by atoms with Crippen LogP contribution < -0.4 is 11.1 Å². The van der Waals surface area contributed by atoms with Gasteiger partial charge in [0.1, 0.15) is 0 Å². The molecule has 68 valence electrons. The molecule has 1 aromatic rings. The number of carbonyl (C=O) groups excluding carboxylic acids is 1. The van der Waals surface area contributed by atoms with E-state index in [0.29, 0.717) is 34.9 Å². The molecule has 0 amide bonds.